The van der Waals surface area contributed by atoms with Crippen molar-refractivity contribution in [2.75, 3.05) is 6.54 Å². The minimum absolute atomic E-state index is 0.426. The number of rotatable bonds is 3. The van der Waals surface area contributed by atoms with Gasteiger partial charge in [-0.15, -0.1) is 0 Å². The zero-order valence-electron chi connectivity index (χ0n) is 6.91. The summed E-state index contributed by atoms with van der Waals surface area (Å²) in [5, 5.41) is 11.2. The molecule has 5 nitrogen and oxygen atoms in total. The molecule has 0 aromatic heterocycles. The maximum Gasteiger partial charge on any atom is 0.326 e. The SMILES string of the molecule is CCCCN1C(=O)NC(=O)[C@H]1O. The quantitative estimate of drug-likeness (QED) is 0.572. The first-order valence-electron chi connectivity index (χ1n) is 3.96. The van der Waals surface area contributed by atoms with E-state index in [0.29, 0.717) is 6.54 Å². The highest BCUT2D eigenvalue weighted by Gasteiger charge is 2.35. The van der Waals surface area contributed by atoms with Crippen molar-refractivity contribution in [3.05, 3.63) is 0 Å². The molecule has 12 heavy (non-hydrogen) atoms. The molecular weight excluding hydrogens is 160 g/mol. The molecule has 68 valence electrons. The van der Waals surface area contributed by atoms with Gasteiger partial charge in [-0.3, -0.25) is 15.0 Å². The molecule has 0 radical (unpaired) electrons. The molecule has 5 heteroatoms. The lowest BCUT2D eigenvalue weighted by Crippen LogP contribution is -2.35. The van der Waals surface area contributed by atoms with Crippen LogP contribution >= 0.6 is 0 Å². The number of aliphatic hydroxyl groups is 1. The van der Waals surface area contributed by atoms with Gasteiger partial charge in [0.2, 0.25) is 6.23 Å². The van der Waals surface area contributed by atoms with E-state index in [1.807, 2.05) is 12.2 Å². The summed E-state index contributed by atoms with van der Waals surface area (Å²) in [4.78, 5) is 22.8. The van der Waals surface area contributed by atoms with Gasteiger partial charge in [-0.1, -0.05) is 13.3 Å². The van der Waals surface area contributed by atoms with Gasteiger partial charge in [0, 0.05) is 6.54 Å². The zero-order valence-corrected chi connectivity index (χ0v) is 6.91. The molecule has 1 aliphatic rings. The van der Waals surface area contributed by atoms with Gasteiger partial charge in [-0.05, 0) is 6.42 Å². The van der Waals surface area contributed by atoms with Crippen LogP contribution in [0.3, 0.4) is 0 Å². The van der Waals surface area contributed by atoms with Gasteiger partial charge in [0.05, 0.1) is 0 Å². The van der Waals surface area contributed by atoms with Crippen LogP contribution in [0.15, 0.2) is 0 Å². The number of imide groups is 1. The van der Waals surface area contributed by atoms with E-state index in [1.54, 1.807) is 0 Å². The van der Waals surface area contributed by atoms with Gasteiger partial charge >= 0.3 is 6.03 Å². The molecule has 1 heterocycles. The molecule has 1 atom stereocenters. The predicted octanol–water partition coefficient (Wildman–Crippen LogP) is -0.343. The van der Waals surface area contributed by atoms with E-state index in [9.17, 15) is 9.59 Å². The van der Waals surface area contributed by atoms with Crippen LogP contribution < -0.4 is 5.32 Å². The van der Waals surface area contributed by atoms with Crippen molar-refractivity contribution in [3.8, 4) is 0 Å². The fraction of sp³-hybridized carbons (Fsp3) is 0.714. The average molecular weight is 172 g/mol. The van der Waals surface area contributed by atoms with Crippen molar-refractivity contribution in [2.24, 2.45) is 0 Å². The first kappa shape index (κ1) is 8.99. The van der Waals surface area contributed by atoms with E-state index in [2.05, 4.69) is 0 Å². The van der Waals surface area contributed by atoms with Crippen LogP contribution in [0.2, 0.25) is 0 Å². The van der Waals surface area contributed by atoms with Gasteiger partial charge in [0.25, 0.3) is 5.91 Å². The number of hydrogen-bond acceptors (Lipinski definition) is 3. The van der Waals surface area contributed by atoms with Crippen LogP contribution in [0.1, 0.15) is 19.8 Å². The van der Waals surface area contributed by atoms with Crippen molar-refractivity contribution >= 4 is 11.9 Å². The van der Waals surface area contributed by atoms with Gasteiger partial charge in [0.15, 0.2) is 0 Å². The third kappa shape index (κ3) is 1.55. The van der Waals surface area contributed by atoms with Crippen LogP contribution in [0.25, 0.3) is 0 Å². The number of amides is 3. The molecule has 2 N–H and O–H groups in total. The van der Waals surface area contributed by atoms with E-state index in [0.717, 1.165) is 17.7 Å². The fourth-order valence-corrected chi connectivity index (χ4v) is 1.05. The summed E-state index contributed by atoms with van der Waals surface area (Å²) in [6.07, 6.45) is 0.423. The molecule has 0 spiro atoms. The molecule has 3 amide bonds. The first-order valence-corrected chi connectivity index (χ1v) is 3.96. The van der Waals surface area contributed by atoms with E-state index in [4.69, 9.17) is 5.11 Å². The highest BCUT2D eigenvalue weighted by Crippen LogP contribution is 2.06. The largest absolute Gasteiger partial charge is 0.365 e. The van der Waals surface area contributed by atoms with Crippen LogP contribution in [-0.2, 0) is 4.79 Å². The van der Waals surface area contributed by atoms with Gasteiger partial charge in [0.1, 0.15) is 0 Å². The number of carbonyl (C=O) groups excluding carboxylic acids is 2. The Kier molecular flexibility index (Phi) is 2.65. The highest BCUT2D eigenvalue weighted by molar-refractivity contribution is 6.03. The topological polar surface area (TPSA) is 69.6 Å². The number of urea groups is 1. The maximum absolute atomic E-state index is 10.9. The van der Waals surface area contributed by atoms with Crippen LogP contribution in [0, 0.1) is 0 Å². The second-order valence-electron chi connectivity index (χ2n) is 2.72. The van der Waals surface area contributed by atoms with Crippen molar-refractivity contribution in [1.82, 2.24) is 10.2 Å². The normalized spacial score (nSPS) is 23.2. The van der Waals surface area contributed by atoms with Crippen molar-refractivity contribution in [1.29, 1.82) is 0 Å². The number of unbranched alkanes of at least 4 members (excludes halogenated alkanes) is 1. The van der Waals surface area contributed by atoms with E-state index < -0.39 is 18.2 Å². The van der Waals surface area contributed by atoms with Crippen molar-refractivity contribution < 1.29 is 14.7 Å². The average Bonchev–Trinajstić information content (AvgIpc) is 2.25. The number of nitrogens with zero attached hydrogens (tertiary/aromatic N) is 1. The molecule has 0 aliphatic carbocycles. The molecule has 0 aromatic carbocycles. The summed E-state index contributed by atoms with van der Waals surface area (Å²) >= 11 is 0. The van der Waals surface area contributed by atoms with Gasteiger partial charge in [-0.2, -0.15) is 0 Å². The molecule has 1 rings (SSSR count). The molecular formula is C7H12N2O3. The maximum atomic E-state index is 10.9. The second-order valence-corrected chi connectivity index (χ2v) is 2.72. The summed E-state index contributed by atoms with van der Waals surface area (Å²) in [7, 11) is 0. The monoisotopic (exact) mass is 172 g/mol. The third-order valence-electron chi connectivity index (χ3n) is 1.77. The Morgan fingerprint density at radius 3 is 2.67 bits per heavy atom. The Labute approximate surface area is 70.4 Å². The number of nitrogens with one attached hydrogen (secondary N) is 1. The molecule has 1 fully saturated rings. The summed E-state index contributed by atoms with van der Waals surface area (Å²) < 4.78 is 0. The Hall–Kier alpha value is -1.10. The first-order chi connectivity index (χ1) is 5.66. The number of aliphatic hydroxyl groups excluding tert-OH is 1. The van der Waals surface area contributed by atoms with Crippen molar-refractivity contribution in [3.63, 3.8) is 0 Å². The molecule has 1 aliphatic heterocycles. The van der Waals surface area contributed by atoms with E-state index in [-0.39, 0.29) is 0 Å². The van der Waals surface area contributed by atoms with Crippen LogP contribution in [0.5, 0.6) is 0 Å². The standard InChI is InChI=1S/C7H12N2O3/c1-2-3-4-9-6(11)5(10)8-7(9)12/h6,11H,2-4H2,1H3,(H,8,10,12)/t6-/m1/s1. The Morgan fingerprint density at radius 1 is 1.58 bits per heavy atom. The van der Waals surface area contributed by atoms with Gasteiger partial charge in [-0.25, -0.2) is 4.79 Å². The number of hydrogen-bond donors (Lipinski definition) is 2. The lowest BCUT2D eigenvalue weighted by molar-refractivity contribution is -0.130. The predicted molar refractivity (Wildman–Crippen MR) is 41.2 cm³/mol. The minimum Gasteiger partial charge on any atom is -0.365 e. The van der Waals surface area contributed by atoms with Crippen LogP contribution in [-0.4, -0.2) is 34.7 Å². The molecule has 0 aromatic rings. The summed E-state index contributed by atoms with van der Waals surface area (Å²) in [5.74, 6) is -0.629. The summed E-state index contributed by atoms with van der Waals surface area (Å²) in [6.45, 7) is 2.40. The molecule has 1 saturated heterocycles. The summed E-state index contributed by atoms with van der Waals surface area (Å²) in [5.41, 5.74) is 0. The zero-order chi connectivity index (χ0) is 9.14. The van der Waals surface area contributed by atoms with Gasteiger partial charge < -0.3 is 5.11 Å². The van der Waals surface area contributed by atoms with Crippen molar-refractivity contribution in [2.45, 2.75) is 26.0 Å². The lowest BCUT2D eigenvalue weighted by Gasteiger charge is -2.15. The molecule has 0 bridgehead atoms. The van der Waals surface area contributed by atoms with E-state index >= 15 is 0 Å². The highest BCUT2D eigenvalue weighted by atomic mass is 16.3. The van der Waals surface area contributed by atoms with Crippen LogP contribution in [0.4, 0.5) is 4.79 Å². The fourth-order valence-electron chi connectivity index (χ4n) is 1.05. The second kappa shape index (κ2) is 3.53. The Balaban J connectivity index is 2.51. The van der Waals surface area contributed by atoms with E-state index in [1.165, 1.54) is 0 Å². The Morgan fingerprint density at radius 2 is 2.25 bits per heavy atom. The minimum atomic E-state index is -1.29. The number of carbonyl (C=O) groups is 2. The summed E-state index contributed by atoms with van der Waals surface area (Å²) in [6, 6.07) is -0.499. The Bertz CT molecular complexity index is 205. The third-order valence-corrected chi connectivity index (χ3v) is 1.77. The molecule has 0 unspecified atom stereocenters. The smallest absolute Gasteiger partial charge is 0.326 e. The lowest BCUT2D eigenvalue weighted by atomic mass is 10.3. The molecule has 0 saturated carbocycles.